The monoisotopic (exact) mass is 317 g/mol. The zero-order valence-corrected chi connectivity index (χ0v) is 14.2. The maximum atomic E-state index is 12.0. The van der Waals surface area contributed by atoms with E-state index in [1.54, 1.807) is 18.0 Å². The van der Waals surface area contributed by atoms with E-state index in [0.29, 0.717) is 6.42 Å². The molecule has 0 fully saturated rings. The second kappa shape index (κ2) is 9.26. The number of hydrogen-bond acceptors (Lipinski definition) is 4. The number of hydrazone groups is 1. The summed E-state index contributed by atoms with van der Waals surface area (Å²) >= 11 is 1.58. The topological polar surface area (TPSA) is 65.2 Å². The van der Waals surface area contributed by atoms with Crippen molar-refractivity contribution < 1.29 is 4.79 Å². The van der Waals surface area contributed by atoms with Crippen molar-refractivity contribution in [3.05, 3.63) is 35.9 Å². The van der Waals surface area contributed by atoms with Crippen molar-refractivity contribution in [3.63, 3.8) is 0 Å². The van der Waals surface area contributed by atoms with E-state index in [-0.39, 0.29) is 16.6 Å². The molecule has 22 heavy (non-hydrogen) atoms. The van der Waals surface area contributed by atoms with Crippen LogP contribution in [0.25, 0.3) is 0 Å². The summed E-state index contributed by atoms with van der Waals surface area (Å²) in [4.78, 5) is 12.0. The highest BCUT2D eigenvalue weighted by atomic mass is 32.2. The number of nitriles is 1. The maximum Gasteiger partial charge on any atom is 0.252 e. The Labute approximate surface area is 137 Å². The molecule has 0 saturated carbocycles. The number of amides is 1. The molecule has 1 amide bonds. The van der Waals surface area contributed by atoms with Gasteiger partial charge in [-0.3, -0.25) is 4.79 Å². The Bertz CT molecular complexity index is 535. The fourth-order valence-corrected chi connectivity index (χ4v) is 2.51. The van der Waals surface area contributed by atoms with Crippen LogP contribution in [0, 0.1) is 16.7 Å². The lowest BCUT2D eigenvalue weighted by Crippen LogP contribution is -2.28. The highest BCUT2D eigenvalue weighted by molar-refractivity contribution is 7.99. The SMILES string of the molecule is C[C@H](SCc1ccccc1)C(=O)N/N=C\C(C)(C)CCC#N. The zero-order chi connectivity index (χ0) is 16.4. The van der Waals surface area contributed by atoms with Crippen LogP contribution in [-0.4, -0.2) is 17.4 Å². The van der Waals surface area contributed by atoms with Gasteiger partial charge >= 0.3 is 0 Å². The highest BCUT2D eigenvalue weighted by Crippen LogP contribution is 2.19. The van der Waals surface area contributed by atoms with Crippen LogP contribution in [0.2, 0.25) is 0 Å². The third-order valence-electron chi connectivity index (χ3n) is 3.18. The van der Waals surface area contributed by atoms with Crippen molar-refractivity contribution >= 4 is 23.9 Å². The van der Waals surface area contributed by atoms with Gasteiger partial charge in [0.1, 0.15) is 0 Å². The van der Waals surface area contributed by atoms with Crippen molar-refractivity contribution in [1.29, 1.82) is 5.26 Å². The molecule has 0 aliphatic rings. The molecule has 1 aromatic carbocycles. The molecule has 0 bridgehead atoms. The van der Waals surface area contributed by atoms with Crippen LogP contribution in [0.1, 0.15) is 39.2 Å². The van der Waals surface area contributed by atoms with Crippen LogP contribution < -0.4 is 5.43 Å². The van der Waals surface area contributed by atoms with Crippen LogP contribution in [0.4, 0.5) is 0 Å². The molecule has 0 spiro atoms. The Morgan fingerprint density at radius 2 is 2.14 bits per heavy atom. The van der Waals surface area contributed by atoms with Gasteiger partial charge in [-0.25, -0.2) is 5.43 Å². The number of carbonyl (C=O) groups excluding carboxylic acids is 1. The molecular formula is C17H23N3OS. The lowest BCUT2D eigenvalue weighted by molar-refractivity contribution is -0.120. The number of benzene rings is 1. The largest absolute Gasteiger partial charge is 0.272 e. The third kappa shape index (κ3) is 7.28. The number of nitrogens with one attached hydrogen (secondary N) is 1. The fourth-order valence-electron chi connectivity index (χ4n) is 1.68. The molecular weight excluding hydrogens is 294 g/mol. The summed E-state index contributed by atoms with van der Waals surface area (Å²) in [5, 5.41) is 12.5. The average molecular weight is 317 g/mol. The summed E-state index contributed by atoms with van der Waals surface area (Å²) < 4.78 is 0. The van der Waals surface area contributed by atoms with E-state index in [1.807, 2.05) is 51.1 Å². The number of hydrogen-bond donors (Lipinski definition) is 1. The third-order valence-corrected chi connectivity index (χ3v) is 4.40. The van der Waals surface area contributed by atoms with Crippen molar-refractivity contribution in [2.75, 3.05) is 0 Å². The number of nitrogens with zero attached hydrogens (tertiary/aromatic N) is 2. The van der Waals surface area contributed by atoms with Gasteiger partial charge in [0, 0.05) is 23.8 Å². The molecule has 1 rings (SSSR count). The number of thioether (sulfide) groups is 1. The predicted molar refractivity (Wildman–Crippen MR) is 92.5 cm³/mol. The molecule has 0 radical (unpaired) electrons. The van der Waals surface area contributed by atoms with Crippen LogP contribution in [0.5, 0.6) is 0 Å². The van der Waals surface area contributed by atoms with Gasteiger partial charge in [-0.1, -0.05) is 44.2 Å². The highest BCUT2D eigenvalue weighted by Gasteiger charge is 2.16. The molecule has 0 aromatic heterocycles. The molecule has 0 unspecified atom stereocenters. The fraction of sp³-hybridized carbons (Fsp3) is 0.471. The molecule has 0 heterocycles. The van der Waals surface area contributed by atoms with Crippen LogP contribution in [0.15, 0.2) is 35.4 Å². The minimum absolute atomic E-state index is 0.103. The quantitative estimate of drug-likeness (QED) is 0.587. The Hall–Kier alpha value is -1.80. The van der Waals surface area contributed by atoms with Gasteiger partial charge in [-0.2, -0.15) is 10.4 Å². The van der Waals surface area contributed by atoms with Gasteiger partial charge in [0.2, 0.25) is 0 Å². The molecule has 1 aromatic rings. The molecule has 0 aliphatic heterocycles. The molecule has 5 heteroatoms. The summed E-state index contributed by atoms with van der Waals surface area (Å²) in [7, 11) is 0. The van der Waals surface area contributed by atoms with E-state index in [1.165, 1.54) is 5.56 Å². The van der Waals surface area contributed by atoms with E-state index in [9.17, 15) is 4.79 Å². The molecule has 1 N–H and O–H groups in total. The summed E-state index contributed by atoms with van der Waals surface area (Å²) in [6, 6.07) is 12.2. The van der Waals surface area contributed by atoms with E-state index in [0.717, 1.165) is 12.2 Å². The van der Waals surface area contributed by atoms with Crippen molar-refractivity contribution in [2.24, 2.45) is 10.5 Å². The van der Waals surface area contributed by atoms with Gasteiger partial charge in [-0.15, -0.1) is 11.8 Å². The summed E-state index contributed by atoms with van der Waals surface area (Å²) in [6.07, 6.45) is 2.91. The van der Waals surface area contributed by atoms with Crippen LogP contribution in [-0.2, 0) is 10.5 Å². The first-order chi connectivity index (χ1) is 10.4. The van der Waals surface area contributed by atoms with Gasteiger partial charge in [0.25, 0.3) is 5.91 Å². The maximum absolute atomic E-state index is 12.0. The molecule has 0 aliphatic carbocycles. The zero-order valence-electron chi connectivity index (χ0n) is 13.4. The van der Waals surface area contributed by atoms with Crippen molar-refractivity contribution in [2.45, 2.75) is 44.6 Å². The van der Waals surface area contributed by atoms with E-state index in [2.05, 4.69) is 16.6 Å². The average Bonchev–Trinajstić information content (AvgIpc) is 2.51. The first-order valence-corrected chi connectivity index (χ1v) is 8.36. The Balaban J connectivity index is 2.36. The van der Waals surface area contributed by atoms with Gasteiger partial charge in [0.15, 0.2) is 0 Å². The normalized spacial score (nSPS) is 12.8. The second-order valence-electron chi connectivity index (χ2n) is 5.82. The minimum atomic E-state index is -0.191. The molecule has 0 saturated heterocycles. The lowest BCUT2D eigenvalue weighted by atomic mass is 9.90. The first kappa shape index (κ1) is 18.2. The van der Waals surface area contributed by atoms with Gasteiger partial charge < -0.3 is 0 Å². The molecule has 1 atom stereocenters. The van der Waals surface area contributed by atoms with Gasteiger partial charge in [-0.05, 0) is 18.9 Å². The minimum Gasteiger partial charge on any atom is -0.272 e. The second-order valence-corrected chi connectivity index (χ2v) is 7.15. The Morgan fingerprint density at radius 3 is 2.77 bits per heavy atom. The lowest BCUT2D eigenvalue weighted by Gasteiger charge is -2.17. The predicted octanol–water partition coefficient (Wildman–Crippen LogP) is 3.74. The van der Waals surface area contributed by atoms with E-state index in [4.69, 9.17) is 5.26 Å². The van der Waals surface area contributed by atoms with Gasteiger partial charge in [0.05, 0.1) is 11.3 Å². The van der Waals surface area contributed by atoms with Crippen molar-refractivity contribution in [1.82, 2.24) is 5.43 Å². The molecule has 118 valence electrons. The van der Waals surface area contributed by atoms with Crippen LogP contribution >= 0.6 is 11.8 Å². The smallest absolute Gasteiger partial charge is 0.252 e. The standard InChI is InChI=1S/C17H23N3OS/c1-14(22-12-15-8-5-4-6-9-15)16(21)20-19-13-17(2,3)10-7-11-18/h4-6,8-9,13-14H,7,10,12H2,1-3H3,(H,20,21)/b19-13-/t14-/m0/s1. The summed E-state index contributed by atoms with van der Waals surface area (Å²) in [5.41, 5.74) is 3.59. The first-order valence-electron chi connectivity index (χ1n) is 7.31. The Morgan fingerprint density at radius 1 is 1.45 bits per heavy atom. The van der Waals surface area contributed by atoms with Crippen LogP contribution in [0.3, 0.4) is 0 Å². The van der Waals surface area contributed by atoms with E-state index >= 15 is 0 Å². The number of carbonyl (C=O) groups is 1. The van der Waals surface area contributed by atoms with E-state index < -0.39 is 0 Å². The van der Waals surface area contributed by atoms with Crippen molar-refractivity contribution in [3.8, 4) is 6.07 Å². The Kier molecular flexibility index (Phi) is 7.69. The summed E-state index contributed by atoms with van der Waals surface area (Å²) in [5.74, 6) is 0.695. The molecule has 4 nitrogen and oxygen atoms in total. The number of rotatable bonds is 8. The summed E-state index contributed by atoms with van der Waals surface area (Å²) in [6.45, 7) is 5.86.